The zero-order chi connectivity index (χ0) is 25.6. The highest BCUT2D eigenvalue weighted by atomic mass is 32.1. The van der Waals surface area contributed by atoms with E-state index in [9.17, 15) is 4.79 Å². The van der Waals surface area contributed by atoms with Crippen LogP contribution in [0.2, 0.25) is 0 Å². The summed E-state index contributed by atoms with van der Waals surface area (Å²) in [7, 11) is 1.49. The van der Waals surface area contributed by atoms with Crippen LogP contribution < -0.4 is 15.4 Å². The quantitative estimate of drug-likeness (QED) is 0.251. The predicted octanol–water partition coefficient (Wildman–Crippen LogP) is 6.45. The van der Waals surface area contributed by atoms with Gasteiger partial charge >= 0.3 is 0 Å². The third-order valence-corrected chi connectivity index (χ3v) is 6.71. The summed E-state index contributed by atoms with van der Waals surface area (Å²) in [6.07, 6.45) is 3.36. The fraction of sp³-hybridized carbons (Fsp3) is 0.103. The van der Waals surface area contributed by atoms with Crippen molar-refractivity contribution in [3.63, 3.8) is 0 Å². The molecule has 0 fully saturated rings. The molecular weight excluding hydrogens is 482 g/mol. The molecule has 37 heavy (non-hydrogen) atoms. The maximum Gasteiger partial charge on any atom is 0.262 e. The number of carbonyl (C=O) groups excluding carboxylic acids is 1. The molecule has 3 aromatic heterocycles. The van der Waals surface area contributed by atoms with Crippen LogP contribution in [0.15, 0.2) is 91.3 Å². The average Bonchev–Trinajstić information content (AvgIpc) is 3.36. The normalized spacial score (nSPS) is 10.6. The van der Waals surface area contributed by atoms with Gasteiger partial charge in [0.25, 0.3) is 5.91 Å². The summed E-state index contributed by atoms with van der Waals surface area (Å²) in [6.45, 7) is 2.71. The molecule has 0 saturated heterocycles. The van der Waals surface area contributed by atoms with Gasteiger partial charge in [0.05, 0.1) is 17.7 Å². The number of amides is 1. The van der Waals surface area contributed by atoms with E-state index in [1.165, 1.54) is 24.0 Å². The molecule has 0 bridgehead atoms. The molecule has 0 saturated carbocycles. The molecule has 2 N–H and O–H groups in total. The lowest BCUT2D eigenvalue weighted by Crippen LogP contribution is -2.13. The van der Waals surface area contributed by atoms with E-state index in [-0.39, 0.29) is 11.8 Å². The Bertz CT molecular complexity index is 1530. The van der Waals surface area contributed by atoms with Gasteiger partial charge in [-0.3, -0.25) is 10.1 Å². The fourth-order valence-electron chi connectivity index (χ4n) is 3.90. The number of nitrogens with one attached hydrogen (secondary N) is 2. The minimum atomic E-state index is -0.332. The van der Waals surface area contributed by atoms with Crippen LogP contribution in [0.1, 0.15) is 21.5 Å². The number of hydrogen-bond acceptors (Lipinski definition) is 7. The molecule has 0 unspecified atom stereocenters. The van der Waals surface area contributed by atoms with E-state index in [1.54, 1.807) is 24.5 Å². The number of methoxy groups -OCH3 is 1. The number of aromatic nitrogens is 3. The van der Waals surface area contributed by atoms with Gasteiger partial charge in [-0.1, -0.05) is 65.4 Å². The van der Waals surface area contributed by atoms with Crippen LogP contribution in [0, 0.1) is 6.92 Å². The second-order valence-corrected chi connectivity index (χ2v) is 9.35. The molecule has 7 nitrogen and oxygen atoms in total. The van der Waals surface area contributed by atoms with Crippen LogP contribution in [-0.2, 0) is 6.54 Å². The highest BCUT2D eigenvalue weighted by Gasteiger charge is 2.19. The maximum absolute atomic E-state index is 13.0. The van der Waals surface area contributed by atoms with Crippen LogP contribution in [-0.4, -0.2) is 28.0 Å². The molecule has 0 aliphatic carbocycles. The molecule has 0 spiro atoms. The number of benzene rings is 2. The van der Waals surface area contributed by atoms with E-state index in [0.717, 1.165) is 33.1 Å². The molecule has 5 rings (SSSR count). The lowest BCUT2D eigenvalue weighted by Gasteiger charge is -2.08. The van der Waals surface area contributed by atoms with E-state index >= 15 is 0 Å². The van der Waals surface area contributed by atoms with E-state index in [4.69, 9.17) is 9.72 Å². The lowest BCUT2D eigenvalue weighted by molar-refractivity contribution is 0.102. The number of nitrogens with zero attached hydrogens (tertiary/aromatic N) is 3. The number of pyridine rings is 2. The maximum atomic E-state index is 13.0. The Morgan fingerprint density at radius 3 is 2.59 bits per heavy atom. The zero-order valence-electron chi connectivity index (χ0n) is 20.4. The first kappa shape index (κ1) is 24.1. The van der Waals surface area contributed by atoms with Crippen LogP contribution in [0.25, 0.3) is 21.7 Å². The summed E-state index contributed by atoms with van der Waals surface area (Å²) in [5.41, 5.74) is 5.36. The Morgan fingerprint density at radius 2 is 1.78 bits per heavy atom. The van der Waals surface area contributed by atoms with Crippen LogP contribution >= 0.6 is 11.3 Å². The van der Waals surface area contributed by atoms with Gasteiger partial charge in [0, 0.05) is 24.5 Å². The van der Waals surface area contributed by atoms with Gasteiger partial charge in [-0.25, -0.2) is 15.0 Å². The third-order valence-electron chi connectivity index (χ3n) is 5.69. The van der Waals surface area contributed by atoms with Crippen LogP contribution in [0.4, 0.5) is 10.9 Å². The van der Waals surface area contributed by atoms with Crippen molar-refractivity contribution in [3.05, 3.63) is 108 Å². The molecule has 0 aliphatic rings. The second kappa shape index (κ2) is 11.0. The number of carbonyl (C=O) groups is 1. The largest absolute Gasteiger partial charge is 0.480 e. The number of aryl methyl sites for hydroxylation is 1. The first-order valence-corrected chi connectivity index (χ1v) is 12.5. The standard InChI is InChI=1S/C29H25N5O2S/c1-19-8-6-11-21(16-19)25-26(22-13-15-30-24(17-22)32-18-20-9-4-3-5-10-20)37-29(33-25)34-27(35)23-12-7-14-31-28(23)36-2/h3-17H,18H2,1-2H3,(H,30,32)(H,33,34,35). The fourth-order valence-corrected chi connectivity index (χ4v) is 4.88. The van der Waals surface area contributed by atoms with Crippen molar-refractivity contribution in [2.75, 3.05) is 17.7 Å². The van der Waals surface area contributed by atoms with Gasteiger partial charge in [-0.15, -0.1) is 0 Å². The molecule has 0 radical (unpaired) electrons. The van der Waals surface area contributed by atoms with Gasteiger partial charge in [0.1, 0.15) is 11.4 Å². The summed E-state index contributed by atoms with van der Waals surface area (Å²) in [6, 6.07) is 25.7. The van der Waals surface area contributed by atoms with E-state index in [2.05, 4.69) is 38.8 Å². The minimum Gasteiger partial charge on any atom is -0.480 e. The van der Waals surface area contributed by atoms with Gasteiger partial charge in [0.15, 0.2) is 5.13 Å². The molecule has 8 heteroatoms. The predicted molar refractivity (Wildman–Crippen MR) is 148 cm³/mol. The van der Waals surface area contributed by atoms with Gasteiger partial charge in [-0.2, -0.15) is 0 Å². The first-order chi connectivity index (χ1) is 18.1. The van der Waals surface area contributed by atoms with Crippen LogP contribution in [0.5, 0.6) is 5.88 Å². The van der Waals surface area contributed by atoms with Crippen molar-refractivity contribution in [1.82, 2.24) is 15.0 Å². The lowest BCUT2D eigenvalue weighted by atomic mass is 10.1. The smallest absolute Gasteiger partial charge is 0.262 e. The number of hydrogen-bond donors (Lipinski definition) is 2. The number of ether oxygens (including phenoxy) is 1. The Kier molecular flexibility index (Phi) is 7.19. The summed E-state index contributed by atoms with van der Waals surface area (Å²) < 4.78 is 5.25. The second-order valence-electron chi connectivity index (χ2n) is 8.35. The highest BCUT2D eigenvalue weighted by Crippen LogP contribution is 2.40. The minimum absolute atomic E-state index is 0.263. The van der Waals surface area contributed by atoms with Crippen molar-refractivity contribution in [3.8, 4) is 27.6 Å². The number of thiazole rings is 1. The van der Waals surface area contributed by atoms with Crippen molar-refractivity contribution >= 4 is 28.2 Å². The molecule has 0 atom stereocenters. The summed E-state index contributed by atoms with van der Waals surface area (Å²) >= 11 is 1.41. The molecule has 5 aromatic rings. The van der Waals surface area contributed by atoms with E-state index in [1.807, 2.05) is 55.5 Å². The zero-order valence-corrected chi connectivity index (χ0v) is 21.3. The SMILES string of the molecule is COc1ncccc1C(=O)Nc1nc(-c2cccc(C)c2)c(-c2ccnc(NCc3ccccc3)c2)s1. The van der Waals surface area contributed by atoms with Crippen LogP contribution in [0.3, 0.4) is 0 Å². The van der Waals surface area contributed by atoms with Gasteiger partial charge in [-0.05, 0) is 48.4 Å². The Morgan fingerprint density at radius 1 is 0.919 bits per heavy atom. The first-order valence-electron chi connectivity index (χ1n) is 11.7. The van der Waals surface area contributed by atoms with E-state index in [0.29, 0.717) is 17.2 Å². The highest BCUT2D eigenvalue weighted by molar-refractivity contribution is 7.19. The molecule has 184 valence electrons. The molecular formula is C29H25N5O2S. The monoisotopic (exact) mass is 507 g/mol. The van der Waals surface area contributed by atoms with E-state index < -0.39 is 0 Å². The summed E-state index contributed by atoms with van der Waals surface area (Å²) in [5, 5.41) is 6.81. The number of rotatable bonds is 8. The van der Waals surface area contributed by atoms with Crippen molar-refractivity contribution in [2.45, 2.75) is 13.5 Å². The Hall–Kier alpha value is -4.56. The molecule has 3 heterocycles. The summed E-state index contributed by atoms with van der Waals surface area (Å²) in [4.78, 5) is 27.4. The van der Waals surface area contributed by atoms with Gasteiger partial charge < -0.3 is 10.1 Å². The summed E-state index contributed by atoms with van der Waals surface area (Å²) in [5.74, 6) is 0.690. The van der Waals surface area contributed by atoms with Gasteiger partial charge in [0.2, 0.25) is 5.88 Å². The Labute approximate surface area is 219 Å². The third kappa shape index (κ3) is 5.65. The molecule has 0 aliphatic heterocycles. The molecule has 2 aromatic carbocycles. The average molecular weight is 508 g/mol. The van der Waals surface area contributed by atoms with Crippen molar-refractivity contribution in [1.29, 1.82) is 0 Å². The van der Waals surface area contributed by atoms with Crippen molar-refractivity contribution in [2.24, 2.45) is 0 Å². The Balaban J connectivity index is 1.48. The number of anilines is 2. The van der Waals surface area contributed by atoms with Crippen molar-refractivity contribution < 1.29 is 9.53 Å². The molecule has 1 amide bonds. The topological polar surface area (TPSA) is 89.0 Å².